The van der Waals surface area contributed by atoms with Gasteiger partial charge in [-0.1, -0.05) is 35.0 Å². The predicted molar refractivity (Wildman–Crippen MR) is 125 cm³/mol. The molecule has 1 atom stereocenters. The Morgan fingerprint density at radius 1 is 1.12 bits per heavy atom. The number of Topliss-reactive ketones (excluding diaryl/α,β-unsaturated/α-hetero) is 1. The summed E-state index contributed by atoms with van der Waals surface area (Å²) in [6.45, 7) is 4.31. The number of rotatable bonds is 6. The molecule has 32 heavy (non-hydrogen) atoms. The van der Waals surface area contributed by atoms with E-state index in [1.165, 1.54) is 4.90 Å². The molecule has 1 aliphatic rings. The molecular weight excluding hydrogens is 474 g/mol. The normalized spacial score (nSPS) is 17.7. The van der Waals surface area contributed by atoms with Crippen LogP contribution in [0.5, 0.6) is 5.75 Å². The van der Waals surface area contributed by atoms with E-state index in [0.29, 0.717) is 35.1 Å². The van der Waals surface area contributed by atoms with Crippen LogP contribution in [0, 0.1) is 6.92 Å². The van der Waals surface area contributed by atoms with Gasteiger partial charge in [0.15, 0.2) is 0 Å². The number of halogens is 1. The van der Waals surface area contributed by atoms with Crippen molar-refractivity contribution in [2.24, 2.45) is 0 Å². The van der Waals surface area contributed by atoms with E-state index in [2.05, 4.69) is 15.9 Å². The van der Waals surface area contributed by atoms with Gasteiger partial charge in [0.05, 0.1) is 12.2 Å². The summed E-state index contributed by atoms with van der Waals surface area (Å²) >= 11 is 3.38. The lowest BCUT2D eigenvalue weighted by atomic mass is 9.99. The lowest BCUT2D eigenvalue weighted by Crippen LogP contribution is -2.29. The molecule has 1 aromatic heterocycles. The van der Waals surface area contributed by atoms with Gasteiger partial charge in [0.25, 0.3) is 11.7 Å². The van der Waals surface area contributed by atoms with Crippen LogP contribution in [0.25, 0.3) is 5.76 Å². The number of aliphatic hydroxyl groups excluding tert-OH is 1. The number of ether oxygens (including phenoxy) is 1. The minimum absolute atomic E-state index is 0.0279. The van der Waals surface area contributed by atoms with Crippen molar-refractivity contribution in [3.63, 3.8) is 0 Å². The summed E-state index contributed by atoms with van der Waals surface area (Å²) in [7, 11) is 0. The molecule has 0 bridgehead atoms. The number of hydrogen-bond donors (Lipinski definition) is 1. The van der Waals surface area contributed by atoms with Crippen molar-refractivity contribution in [1.82, 2.24) is 0 Å². The molecule has 2 heterocycles. The summed E-state index contributed by atoms with van der Waals surface area (Å²) in [6, 6.07) is 16.5. The highest BCUT2D eigenvalue weighted by Crippen LogP contribution is 2.43. The second-order valence-electron chi connectivity index (χ2n) is 7.47. The van der Waals surface area contributed by atoms with Crippen molar-refractivity contribution in [3.8, 4) is 5.75 Å². The van der Waals surface area contributed by atoms with E-state index in [-0.39, 0.29) is 11.3 Å². The van der Waals surface area contributed by atoms with Crippen LogP contribution in [0.4, 0.5) is 5.69 Å². The topological polar surface area (TPSA) is 80.0 Å². The number of ketones is 1. The zero-order valence-electron chi connectivity index (χ0n) is 17.7. The van der Waals surface area contributed by atoms with Crippen molar-refractivity contribution in [2.45, 2.75) is 26.3 Å². The average molecular weight is 496 g/mol. The number of carbonyl (C=O) groups excluding carboxylic acids is 2. The maximum absolute atomic E-state index is 13.1. The van der Waals surface area contributed by atoms with Gasteiger partial charge in [-0.25, -0.2) is 0 Å². The number of aliphatic hydroxyl groups is 1. The van der Waals surface area contributed by atoms with Crippen LogP contribution in [0.2, 0.25) is 0 Å². The van der Waals surface area contributed by atoms with Gasteiger partial charge in [0.1, 0.15) is 29.1 Å². The fourth-order valence-corrected chi connectivity index (χ4v) is 3.94. The first-order valence-corrected chi connectivity index (χ1v) is 11.1. The second-order valence-corrected chi connectivity index (χ2v) is 8.39. The Labute approximate surface area is 194 Å². The summed E-state index contributed by atoms with van der Waals surface area (Å²) < 4.78 is 12.3. The SMILES string of the molecule is CCCOc1cccc(/C(O)=C2/C(=O)C(=O)N(c3ccc(Br)cc3)C2c2ccc(C)o2)c1. The highest BCUT2D eigenvalue weighted by atomic mass is 79.9. The van der Waals surface area contributed by atoms with Crippen LogP contribution >= 0.6 is 15.9 Å². The summed E-state index contributed by atoms with van der Waals surface area (Å²) in [4.78, 5) is 27.6. The number of carbonyl (C=O) groups is 2. The van der Waals surface area contributed by atoms with E-state index in [9.17, 15) is 14.7 Å². The first kappa shape index (κ1) is 21.9. The van der Waals surface area contributed by atoms with Crippen molar-refractivity contribution < 1.29 is 23.8 Å². The van der Waals surface area contributed by atoms with Crippen LogP contribution in [0.3, 0.4) is 0 Å². The van der Waals surface area contributed by atoms with Crippen molar-refractivity contribution >= 4 is 39.1 Å². The number of benzene rings is 2. The minimum Gasteiger partial charge on any atom is -0.507 e. The second kappa shape index (κ2) is 9.04. The van der Waals surface area contributed by atoms with Gasteiger partial charge in [0, 0.05) is 15.7 Å². The summed E-state index contributed by atoms with van der Waals surface area (Å²) in [5.41, 5.74) is 0.883. The molecule has 4 rings (SSSR count). The Balaban J connectivity index is 1.86. The Kier molecular flexibility index (Phi) is 6.19. The quantitative estimate of drug-likeness (QED) is 0.267. The fraction of sp³-hybridized carbons (Fsp3) is 0.200. The van der Waals surface area contributed by atoms with Gasteiger partial charge in [0.2, 0.25) is 0 Å². The number of amides is 1. The third kappa shape index (κ3) is 4.08. The maximum Gasteiger partial charge on any atom is 0.300 e. The molecule has 0 spiro atoms. The molecule has 1 saturated heterocycles. The molecule has 1 amide bonds. The van der Waals surface area contributed by atoms with Gasteiger partial charge in [-0.05, 0) is 61.9 Å². The third-order valence-corrected chi connectivity index (χ3v) is 5.69. The Bertz CT molecular complexity index is 1200. The molecule has 6 nitrogen and oxygen atoms in total. The molecule has 7 heteroatoms. The summed E-state index contributed by atoms with van der Waals surface area (Å²) in [5, 5.41) is 11.2. The van der Waals surface area contributed by atoms with Gasteiger partial charge in [-0.3, -0.25) is 14.5 Å². The van der Waals surface area contributed by atoms with Gasteiger partial charge in [-0.2, -0.15) is 0 Å². The van der Waals surface area contributed by atoms with Crippen LogP contribution < -0.4 is 9.64 Å². The van der Waals surface area contributed by atoms with Crippen LogP contribution in [0.1, 0.15) is 36.5 Å². The number of furan rings is 1. The van der Waals surface area contributed by atoms with Crippen LogP contribution in [-0.4, -0.2) is 23.4 Å². The van der Waals surface area contributed by atoms with Gasteiger partial charge in [-0.15, -0.1) is 0 Å². The first-order valence-electron chi connectivity index (χ1n) is 10.3. The molecule has 3 aromatic rings. The molecule has 0 radical (unpaired) electrons. The van der Waals surface area contributed by atoms with E-state index >= 15 is 0 Å². The third-order valence-electron chi connectivity index (χ3n) is 5.16. The maximum atomic E-state index is 13.1. The number of nitrogens with zero attached hydrogens (tertiary/aromatic N) is 1. The van der Waals surface area contributed by atoms with Crippen LogP contribution in [0.15, 0.2) is 75.1 Å². The Morgan fingerprint density at radius 2 is 1.88 bits per heavy atom. The minimum atomic E-state index is -0.898. The molecule has 1 fully saturated rings. The Hall–Kier alpha value is -3.32. The van der Waals surface area contributed by atoms with E-state index < -0.39 is 17.7 Å². The fourth-order valence-electron chi connectivity index (χ4n) is 3.68. The zero-order valence-corrected chi connectivity index (χ0v) is 19.3. The van der Waals surface area contributed by atoms with Crippen molar-refractivity contribution in [3.05, 3.63) is 87.8 Å². The smallest absolute Gasteiger partial charge is 0.300 e. The lowest BCUT2D eigenvalue weighted by Gasteiger charge is -2.23. The lowest BCUT2D eigenvalue weighted by molar-refractivity contribution is -0.132. The van der Waals surface area contributed by atoms with Crippen molar-refractivity contribution in [1.29, 1.82) is 0 Å². The summed E-state index contributed by atoms with van der Waals surface area (Å²) in [6.07, 6.45) is 0.840. The average Bonchev–Trinajstić information content (AvgIpc) is 3.33. The molecule has 2 aromatic carbocycles. The monoisotopic (exact) mass is 495 g/mol. The largest absolute Gasteiger partial charge is 0.507 e. The Morgan fingerprint density at radius 3 is 2.53 bits per heavy atom. The molecule has 1 aliphatic heterocycles. The van der Waals surface area contributed by atoms with E-state index in [4.69, 9.17) is 9.15 Å². The highest BCUT2D eigenvalue weighted by molar-refractivity contribution is 9.10. The van der Waals surface area contributed by atoms with E-state index in [1.54, 1.807) is 67.6 Å². The molecule has 0 saturated carbocycles. The standard InChI is InChI=1S/C25H22BrNO5/c1-3-13-31-19-6-4-5-16(14-19)23(28)21-22(20-12-7-15(2)32-20)27(25(30)24(21)29)18-10-8-17(26)9-11-18/h4-12,14,22,28H,3,13H2,1-2H3/b23-21-. The van der Waals surface area contributed by atoms with Gasteiger partial charge >= 0.3 is 0 Å². The number of anilines is 1. The zero-order chi connectivity index (χ0) is 22.8. The first-order chi connectivity index (χ1) is 15.4. The van der Waals surface area contributed by atoms with Gasteiger partial charge < -0.3 is 14.3 Å². The van der Waals surface area contributed by atoms with Crippen molar-refractivity contribution in [2.75, 3.05) is 11.5 Å². The molecule has 1 N–H and O–H groups in total. The van der Waals surface area contributed by atoms with E-state index in [0.717, 1.165) is 10.9 Å². The number of hydrogen-bond acceptors (Lipinski definition) is 5. The summed E-state index contributed by atoms with van der Waals surface area (Å²) in [5.74, 6) is -0.177. The molecule has 1 unspecified atom stereocenters. The van der Waals surface area contributed by atoms with E-state index in [1.807, 2.05) is 6.92 Å². The molecule has 0 aliphatic carbocycles. The highest BCUT2D eigenvalue weighted by Gasteiger charge is 2.48. The number of aryl methyl sites for hydroxylation is 1. The van der Waals surface area contributed by atoms with Crippen LogP contribution in [-0.2, 0) is 9.59 Å². The molecule has 164 valence electrons. The predicted octanol–water partition coefficient (Wildman–Crippen LogP) is 5.77. The molecular formula is C25H22BrNO5.